The van der Waals surface area contributed by atoms with Crippen molar-refractivity contribution in [2.24, 2.45) is 0 Å². The Kier molecular flexibility index (Phi) is 4.88. The van der Waals surface area contributed by atoms with Crippen LogP contribution in [0.2, 0.25) is 0 Å². The van der Waals surface area contributed by atoms with Crippen molar-refractivity contribution in [2.45, 2.75) is 39.0 Å². The molecule has 1 amide bonds. The number of rotatable bonds is 3. The first-order chi connectivity index (χ1) is 14.2. The highest BCUT2D eigenvalue weighted by molar-refractivity contribution is 5.95. The van der Waals surface area contributed by atoms with E-state index >= 15 is 0 Å². The van der Waals surface area contributed by atoms with Crippen molar-refractivity contribution in [2.75, 3.05) is 11.6 Å². The second-order valence-corrected chi connectivity index (χ2v) is 7.03. The molecule has 0 unspecified atom stereocenters. The zero-order valence-electron chi connectivity index (χ0n) is 16.2. The van der Waals surface area contributed by atoms with Gasteiger partial charge in [0.2, 0.25) is 0 Å². The molecule has 12 heteroatoms. The van der Waals surface area contributed by atoms with Gasteiger partial charge in [-0.25, -0.2) is 14.4 Å². The molecule has 2 aromatic rings. The fraction of sp³-hybridized carbons (Fsp3) is 0.389. The fourth-order valence-corrected chi connectivity index (χ4v) is 3.53. The number of aromatic nitrogens is 3. The highest BCUT2D eigenvalue weighted by atomic mass is 19.4. The average Bonchev–Trinajstić information content (AvgIpc) is 3.32. The van der Waals surface area contributed by atoms with Crippen molar-refractivity contribution in [1.82, 2.24) is 30.6 Å². The van der Waals surface area contributed by atoms with E-state index in [4.69, 9.17) is 0 Å². The fourth-order valence-electron chi connectivity index (χ4n) is 3.53. The number of carbonyl (C=O) groups is 1. The SMILES string of the molecule is CCn1ccc(N2NNC3=C2C[C@H](C)N(C(=O)c2ccnc(C(F)(F)F)c2F)C3)n1. The zero-order chi connectivity index (χ0) is 21.6. The summed E-state index contributed by atoms with van der Waals surface area (Å²) in [6, 6.07) is 2.42. The standard InChI is InChI=1S/C18H19F4N7O/c1-3-27-7-5-14(25-27)29-13-8-10(2)28(9-12(13)24-26-29)17(30)11-4-6-23-16(15(11)19)18(20,21)22/h4-7,10,24,26H,3,8-9H2,1-2H3/t10-/m0/s1. The number of halogens is 4. The molecule has 160 valence electrons. The first-order valence-electron chi connectivity index (χ1n) is 9.30. The minimum absolute atomic E-state index is 0.0798. The number of anilines is 1. The quantitative estimate of drug-likeness (QED) is 0.736. The molecule has 0 saturated carbocycles. The van der Waals surface area contributed by atoms with Gasteiger partial charge in [-0.05, 0) is 19.9 Å². The molecule has 0 aliphatic carbocycles. The van der Waals surface area contributed by atoms with Crippen LogP contribution >= 0.6 is 0 Å². The summed E-state index contributed by atoms with van der Waals surface area (Å²) in [7, 11) is 0. The van der Waals surface area contributed by atoms with Gasteiger partial charge >= 0.3 is 6.18 Å². The van der Waals surface area contributed by atoms with E-state index in [1.807, 2.05) is 19.2 Å². The Bertz CT molecular complexity index is 1020. The van der Waals surface area contributed by atoms with E-state index in [0.717, 1.165) is 18.0 Å². The minimum atomic E-state index is -4.98. The van der Waals surface area contributed by atoms with Crippen molar-refractivity contribution in [3.8, 4) is 0 Å². The predicted octanol–water partition coefficient (Wildman–Crippen LogP) is 2.43. The van der Waals surface area contributed by atoms with E-state index in [-0.39, 0.29) is 12.6 Å². The van der Waals surface area contributed by atoms with Crippen molar-refractivity contribution in [3.63, 3.8) is 0 Å². The number of hydrazine groups is 2. The van der Waals surface area contributed by atoms with Crippen LogP contribution in [0.4, 0.5) is 23.4 Å². The summed E-state index contributed by atoms with van der Waals surface area (Å²) in [6.07, 6.45) is -1.95. The van der Waals surface area contributed by atoms with E-state index in [1.165, 1.54) is 4.90 Å². The number of hydrogen-bond acceptors (Lipinski definition) is 6. The van der Waals surface area contributed by atoms with E-state index in [0.29, 0.717) is 24.5 Å². The van der Waals surface area contributed by atoms with Crippen LogP contribution in [0, 0.1) is 5.82 Å². The highest BCUT2D eigenvalue weighted by Crippen LogP contribution is 2.33. The molecule has 8 nitrogen and oxygen atoms in total. The molecule has 4 heterocycles. The van der Waals surface area contributed by atoms with Gasteiger partial charge in [-0.2, -0.15) is 18.3 Å². The number of pyridine rings is 1. The summed E-state index contributed by atoms with van der Waals surface area (Å²) in [5, 5.41) is 6.19. The Morgan fingerprint density at radius 3 is 2.77 bits per heavy atom. The molecule has 2 N–H and O–H groups in total. The van der Waals surface area contributed by atoms with Crippen LogP contribution < -0.4 is 16.0 Å². The van der Waals surface area contributed by atoms with Gasteiger partial charge in [0.15, 0.2) is 17.3 Å². The highest BCUT2D eigenvalue weighted by Gasteiger charge is 2.40. The Morgan fingerprint density at radius 1 is 1.33 bits per heavy atom. The molecule has 2 aliphatic rings. The van der Waals surface area contributed by atoms with Crippen LogP contribution in [0.1, 0.15) is 36.3 Å². The molecule has 0 saturated heterocycles. The number of nitrogens with one attached hydrogen (secondary N) is 2. The lowest BCUT2D eigenvalue weighted by Gasteiger charge is -2.34. The third-order valence-electron chi connectivity index (χ3n) is 5.11. The summed E-state index contributed by atoms with van der Waals surface area (Å²) in [6.45, 7) is 4.51. The van der Waals surface area contributed by atoms with Crippen LogP contribution in [-0.4, -0.2) is 38.2 Å². The first-order valence-corrected chi connectivity index (χ1v) is 9.30. The number of hydrogen-bond donors (Lipinski definition) is 2. The maximum atomic E-state index is 14.4. The number of carbonyl (C=O) groups excluding carboxylic acids is 1. The maximum Gasteiger partial charge on any atom is 0.436 e. The topological polar surface area (TPSA) is 78.3 Å². The zero-order valence-corrected chi connectivity index (χ0v) is 16.2. The monoisotopic (exact) mass is 425 g/mol. The average molecular weight is 425 g/mol. The second kappa shape index (κ2) is 7.27. The molecule has 1 atom stereocenters. The van der Waals surface area contributed by atoms with E-state index in [1.54, 1.807) is 16.6 Å². The van der Waals surface area contributed by atoms with Crippen LogP contribution in [0.25, 0.3) is 0 Å². The summed E-state index contributed by atoms with van der Waals surface area (Å²) < 4.78 is 55.0. The first kappa shape index (κ1) is 20.1. The summed E-state index contributed by atoms with van der Waals surface area (Å²) in [5.74, 6) is -1.82. The van der Waals surface area contributed by atoms with Crippen molar-refractivity contribution < 1.29 is 22.4 Å². The third-order valence-corrected chi connectivity index (χ3v) is 5.11. The predicted molar refractivity (Wildman–Crippen MR) is 98.0 cm³/mol. The van der Waals surface area contributed by atoms with Gasteiger partial charge in [-0.3, -0.25) is 9.48 Å². The Balaban J connectivity index is 1.60. The van der Waals surface area contributed by atoms with Crippen LogP contribution in [0.15, 0.2) is 35.9 Å². The summed E-state index contributed by atoms with van der Waals surface area (Å²) in [5.41, 5.74) is 5.12. The van der Waals surface area contributed by atoms with Gasteiger partial charge in [0, 0.05) is 37.5 Å². The molecule has 0 fully saturated rings. The van der Waals surface area contributed by atoms with Gasteiger partial charge in [-0.15, -0.1) is 5.53 Å². The van der Waals surface area contributed by atoms with Crippen LogP contribution in [0.5, 0.6) is 0 Å². The largest absolute Gasteiger partial charge is 0.436 e. The molecule has 4 rings (SSSR count). The van der Waals surface area contributed by atoms with E-state index in [2.05, 4.69) is 21.0 Å². The molecule has 0 radical (unpaired) electrons. The lowest BCUT2D eigenvalue weighted by molar-refractivity contribution is -0.143. The molecule has 0 bridgehead atoms. The second-order valence-electron chi connectivity index (χ2n) is 7.03. The Morgan fingerprint density at radius 2 is 2.10 bits per heavy atom. The number of amides is 1. The Hall–Kier alpha value is -3.15. The van der Waals surface area contributed by atoms with Gasteiger partial charge in [0.1, 0.15) is 0 Å². The lowest BCUT2D eigenvalue weighted by Crippen LogP contribution is -2.45. The number of alkyl halides is 3. The molecule has 2 aromatic heterocycles. The normalized spacial score (nSPS) is 19.2. The van der Waals surface area contributed by atoms with Crippen molar-refractivity contribution in [1.29, 1.82) is 0 Å². The van der Waals surface area contributed by atoms with Gasteiger partial charge in [0.25, 0.3) is 5.91 Å². The molecule has 0 aromatic carbocycles. The van der Waals surface area contributed by atoms with Gasteiger partial charge in [-0.1, -0.05) is 0 Å². The smallest absolute Gasteiger partial charge is 0.330 e. The lowest BCUT2D eigenvalue weighted by atomic mass is 10.0. The maximum absolute atomic E-state index is 14.4. The van der Waals surface area contributed by atoms with E-state index in [9.17, 15) is 22.4 Å². The molecular formula is C18H19F4N7O. The van der Waals surface area contributed by atoms with Crippen LogP contribution in [-0.2, 0) is 12.7 Å². The molecule has 0 spiro atoms. The molecular weight excluding hydrogens is 406 g/mol. The summed E-state index contributed by atoms with van der Waals surface area (Å²) >= 11 is 0. The van der Waals surface area contributed by atoms with Gasteiger partial charge < -0.3 is 10.3 Å². The number of aryl methyl sites for hydroxylation is 1. The summed E-state index contributed by atoms with van der Waals surface area (Å²) in [4.78, 5) is 17.3. The third kappa shape index (κ3) is 3.36. The number of nitrogens with zero attached hydrogens (tertiary/aromatic N) is 5. The van der Waals surface area contributed by atoms with Crippen molar-refractivity contribution >= 4 is 11.7 Å². The van der Waals surface area contributed by atoms with Gasteiger partial charge in [0.05, 0.1) is 23.5 Å². The van der Waals surface area contributed by atoms with Crippen molar-refractivity contribution in [3.05, 3.63) is 53.0 Å². The molecule has 30 heavy (non-hydrogen) atoms. The minimum Gasteiger partial charge on any atom is -0.330 e. The Labute approximate surface area is 169 Å². The molecule has 2 aliphatic heterocycles. The van der Waals surface area contributed by atoms with Crippen LogP contribution in [0.3, 0.4) is 0 Å². The van der Waals surface area contributed by atoms with E-state index < -0.39 is 29.2 Å².